The zero-order valence-electron chi connectivity index (χ0n) is 8.56. The van der Waals surface area contributed by atoms with Gasteiger partial charge in [0.25, 0.3) is 5.56 Å². The number of ether oxygens (including phenoxy) is 1. The summed E-state index contributed by atoms with van der Waals surface area (Å²) in [5.41, 5.74) is 0.480. The van der Waals surface area contributed by atoms with Gasteiger partial charge in [-0.05, 0) is 19.1 Å². The summed E-state index contributed by atoms with van der Waals surface area (Å²) in [5.74, 6) is 1.27. The maximum atomic E-state index is 11.5. The van der Waals surface area contributed by atoms with Crippen molar-refractivity contribution >= 4 is 0 Å². The van der Waals surface area contributed by atoms with Crippen LogP contribution in [0.5, 0.6) is 5.75 Å². The van der Waals surface area contributed by atoms with Crippen molar-refractivity contribution in [3.8, 4) is 11.4 Å². The molecule has 0 aliphatic carbocycles. The van der Waals surface area contributed by atoms with E-state index in [1.165, 1.54) is 10.8 Å². The molecule has 2 rings (SSSR count). The summed E-state index contributed by atoms with van der Waals surface area (Å²) in [6.45, 7) is 1.73. The van der Waals surface area contributed by atoms with Crippen LogP contribution in [0.4, 0.5) is 0 Å². The Morgan fingerprint density at radius 1 is 1.33 bits per heavy atom. The summed E-state index contributed by atoms with van der Waals surface area (Å²) in [6.07, 6.45) is 0. The zero-order valence-corrected chi connectivity index (χ0v) is 8.56. The van der Waals surface area contributed by atoms with Crippen molar-refractivity contribution in [2.45, 2.75) is 6.92 Å². The first-order valence-electron chi connectivity index (χ1n) is 4.55. The Morgan fingerprint density at radius 3 is 2.73 bits per heavy atom. The average molecular weight is 205 g/mol. The molecule has 0 bridgehead atoms. The number of methoxy groups -OCH3 is 1. The molecule has 0 unspecified atom stereocenters. The predicted molar refractivity (Wildman–Crippen MR) is 55.6 cm³/mol. The molecule has 0 atom stereocenters. The van der Waals surface area contributed by atoms with E-state index in [9.17, 15) is 4.79 Å². The van der Waals surface area contributed by atoms with Crippen LogP contribution in [-0.2, 0) is 0 Å². The molecule has 0 radical (unpaired) electrons. The largest absolute Gasteiger partial charge is 0.497 e. The lowest BCUT2D eigenvalue weighted by atomic mass is 10.3. The second-order valence-electron chi connectivity index (χ2n) is 3.18. The third-order valence-corrected chi connectivity index (χ3v) is 2.05. The summed E-state index contributed by atoms with van der Waals surface area (Å²) in [6, 6.07) is 8.58. The van der Waals surface area contributed by atoms with Gasteiger partial charge < -0.3 is 9.26 Å². The van der Waals surface area contributed by atoms with Gasteiger partial charge in [0.15, 0.2) is 0 Å². The van der Waals surface area contributed by atoms with Crippen LogP contribution in [0, 0.1) is 6.92 Å². The molecule has 0 saturated carbocycles. The number of benzene rings is 1. The number of nitrogens with zero attached hydrogens (tertiary/aromatic N) is 1. The van der Waals surface area contributed by atoms with Crippen LogP contribution in [0.25, 0.3) is 5.69 Å². The maximum absolute atomic E-state index is 11.5. The maximum Gasteiger partial charge on any atom is 0.287 e. The summed E-state index contributed by atoms with van der Waals surface area (Å²) in [4.78, 5) is 11.5. The van der Waals surface area contributed by atoms with E-state index < -0.39 is 0 Å². The van der Waals surface area contributed by atoms with E-state index >= 15 is 0 Å². The topological polar surface area (TPSA) is 44.4 Å². The molecule has 0 spiro atoms. The molecule has 4 nitrogen and oxygen atoms in total. The summed E-state index contributed by atoms with van der Waals surface area (Å²) < 4.78 is 11.5. The van der Waals surface area contributed by atoms with Gasteiger partial charge in [-0.1, -0.05) is 6.07 Å². The Hall–Kier alpha value is -1.97. The third kappa shape index (κ3) is 1.79. The van der Waals surface area contributed by atoms with E-state index in [0.29, 0.717) is 17.2 Å². The lowest BCUT2D eigenvalue weighted by Gasteiger charge is -2.02. The molecule has 0 saturated heterocycles. The molecule has 0 N–H and O–H groups in total. The van der Waals surface area contributed by atoms with E-state index in [1.54, 1.807) is 32.2 Å². The Bertz CT molecular complexity index is 525. The quantitative estimate of drug-likeness (QED) is 0.750. The minimum Gasteiger partial charge on any atom is -0.497 e. The number of aromatic nitrogens is 1. The molecule has 1 aromatic heterocycles. The van der Waals surface area contributed by atoms with E-state index in [0.717, 1.165) is 0 Å². The zero-order chi connectivity index (χ0) is 10.8. The Labute approximate surface area is 86.7 Å². The van der Waals surface area contributed by atoms with Gasteiger partial charge in [-0.3, -0.25) is 4.79 Å². The third-order valence-electron chi connectivity index (χ3n) is 2.05. The van der Waals surface area contributed by atoms with Crippen molar-refractivity contribution in [2.75, 3.05) is 7.11 Å². The smallest absolute Gasteiger partial charge is 0.287 e. The molecule has 15 heavy (non-hydrogen) atoms. The molecule has 78 valence electrons. The molecule has 2 aromatic rings. The number of aryl methyl sites for hydroxylation is 1. The van der Waals surface area contributed by atoms with Crippen molar-refractivity contribution < 1.29 is 9.26 Å². The van der Waals surface area contributed by atoms with Crippen molar-refractivity contribution in [2.24, 2.45) is 0 Å². The molecule has 0 amide bonds. The van der Waals surface area contributed by atoms with Gasteiger partial charge in [0, 0.05) is 12.1 Å². The molecular formula is C11H11NO3. The van der Waals surface area contributed by atoms with Crippen molar-refractivity contribution in [3.63, 3.8) is 0 Å². The Kier molecular flexibility index (Phi) is 2.33. The van der Waals surface area contributed by atoms with Crippen molar-refractivity contribution in [1.29, 1.82) is 0 Å². The summed E-state index contributed by atoms with van der Waals surface area (Å²) in [5, 5.41) is 0. The van der Waals surface area contributed by atoms with E-state index in [2.05, 4.69) is 0 Å². The van der Waals surface area contributed by atoms with Crippen LogP contribution < -0.4 is 10.3 Å². The number of hydrogen-bond acceptors (Lipinski definition) is 3. The SMILES string of the molecule is COc1cccc(-n2oc(C)cc2=O)c1. The van der Waals surface area contributed by atoms with Crippen LogP contribution in [0.15, 0.2) is 39.6 Å². The first-order valence-corrected chi connectivity index (χ1v) is 4.55. The molecule has 1 heterocycles. The molecule has 1 aromatic carbocycles. The molecule has 4 heteroatoms. The van der Waals surface area contributed by atoms with Gasteiger partial charge >= 0.3 is 0 Å². The summed E-state index contributed by atoms with van der Waals surface area (Å²) >= 11 is 0. The van der Waals surface area contributed by atoms with E-state index in [4.69, 9.17) is 9.26 Å². The van der Waals surface area contributed by atoms with Gasteiger partial charge in [-0.2, -0.15) is 0 Å². The van der Waals surface area contributed by atoms with Crippen molar-refractivity contribution in [1.82, 2.24) is 4.74 Å². The van der Waals surface area contributed by atoms with Crippen LogP contribution >= 0.6 is 0 Å². The second-order valence-corrected chi connectivity index (χ2v) is 3.18. The molecule has 0 fully saturated rings. The highest BCUT2D eigenvalue weighted by Gasteiger charge is 2.05. The molecular weight excluding hydrogens is 194 g/mol. The van der Waals surface area contributed by atoms with Gasteiger partial charge in [-0.25, -0.2) is 0 Å². The van der Waals surface area contributed by atoms with Crippen molar-refractivity contribution in [3.05, 3.63) is 46.4 Å². The Balaban J connectivity index is 2.53. The molecule has 0 aliphatic heterocycles. The highest BCUT2D eigenvalue weighted by molar-refractivity contribution is 5.38. The monoisotopic (exact) mass is 205 g/mol. The Morgan fingerprint density at radius 2 is 2.13 bits per heavy atom. The first kappa shape index (κ1) is 9.58. The standard InChI is InChI=1S/C11H11NO3/c1-8-6-11(13)12(15-8)9-4-3-5-10(7-9)14-2/h3-7H,1-2H3. The minimum atomic E-state index is -0.180. The predicted octanol–water partition coefficient (Wildman–Crippen LogP) is 1.75. The van der Waals surface area contributed by atoms with Crippen LogP contribution in [0.2, 0.25) is 0 Å². The second kappa shape index (κ2) is 3.65. The normalized spacial score (nSPS) is 10.3. The number of hydrogen-bond donors (Lipinski definition) is 0. The van der Waals surface area contributed by atoms with Crippen LogP contribution in [0.3, 0.4) is 0 Å². The van der Waals surface area contributed by atoms with Gasteiger partial charge in [0.05, 0.1) is 12.8 Å². The van der Waals surface area contributed by atoms with Gasteiger partial charge in [0.2, 0.25) is 0 Å². The van der Waals surface area contributed by atoms with Gasteiger partial charge in [0.1, 0.15) is 11.5 Å². The van der Waals surface area contributed by atoms with E-state index in [1.807, 2.05) is 6.07 Å². The first-order chi connectivity index (χ1) is 7.20. The van der Waals surface area contributed by atoms with Crippen LogP contribution in [-0.4, -0.2) is 11.8 Å². The fourth-order valence-corrected chi connectivity index (χ4v) is 1.36. The lowest BCUT2D eigenvalue weighted by molar-refractivity contribution is 0.321. The fraction of sp³-hybridized carbons (Fsp3) is 0.182. The minimum absolute atomic E-state index is 0.180. The highest BCUT2D eigenvalue weighted by Crippen LogP contribution is 2.15. The fourth-order valence-electron chi connectivity index (χ4n) is 1.36. The number of rotatable bonds is 2. The molecule has 0 aliphatic rings. The lowest BCUT2D eigenvalue weighted by Crippen LogP contribution is -2.10. The summed E-state index contributed by atoms with van der Waals surface area (Å²) in [7, 11) is 1.58. The van der Waals surface area contributed by atoms with E-state index in [-0.39, 0.29) is 5.56 Å². The van der Waals surface area contributed by atoms with Crippen LogP contribution in [0.1, 0.15) is 5.76 Å². The average Bonchev–Trinajstić information content (AvgIpc) is 2.58. The van der Waals surface area contributed by atoms with Gasteiger partial charge in [-0.15, -0.1) is 4.74 Å². The highest BCUT2D eigenvalue weighted by atomic mass is 16.5.